The summed E-state index contributed by atoms with van der Waals surface area (Å²) in [4.78, 5) is 12.3. The van der Waals surface area contributed by atoms with Crippen molar-refractivity contribution >= 4 is 17.6 Å². The number of hydrogen-bond acceptors (Lipinski definition) is 2. The lowest BCUT2D eigenvalue weighted by Crippen LogP contribution is -2.38. The molecule has 3 rings (SSSR count). The van der Waals surface area contributed by atoms with Gasteiger partial charge in [-0.1, -0.05) is 12.5 Å². The van der Waals surface area contributed by atoms with Crippen molar-refractivity contribution in [3.05, 3.63) is 23.4 Å². The van der Waals surface area contributed by atoms with Gasteiger partial charge in [-0.2, -0.15) is 0 Å². The van der Waals surface area contributed by atoms with E-state index in [2.05, 4.69) is 13.0 Å². The van der Waals surface area contributed by atoms with Gasteiger partial charge < -0.3 is 0 Å². The Hall–Kier alpha value is -0.760. The van der Waals surface area contributed by atoms with E-state index in [9.17, 15) is 4.79 Å². The molecule has 1 heterocycles. The number of ketones is 1. The Balaban J connectivity index is 2.04. The molecule has 0 aromatic rings. The summed E-state index contributed by atoms with van der Waals surface area (Å²) in [5, 5.41) is 0. The Morgan fingerprint density at radius 1 is 1.47 bits per heavy atom. The van der Waals surface area contributed by atoms with Crippen molar-refractivity contribution in [3.8, 4) is 0 Å². The average Bonchev–Trinajstić information content (AvgIpc) is 2.47. The smallest absolute Gasteiger partial charge is 0.142 e. The standard InChI is InChI=1S/C14H18ClNO/c1-9-7-11-8-16(15)6-5-10-3-2-4-12(13(10)11)14(9)17/h5-6,9,11-12H,2-4,7-8H2,1H3. The minimum absolute atomic E-state index is 0.195. The fraction of sp³-hybridized carbons (Fsp3) is 0.643. The largest absolute Gasteiger partial charge is 0.299 e. The lowest BCUT2D eigenvalue weighted by molar-refractivity contribution is -0.127. The van der Waals surface area contributed by atoms with Gasteiger partial charge in [-0.3, -0.25) is 9.21 Å². The number of carbonyl (C=O) groups excluding carboxylic acids is 1. The van der Waals surface area contributed by atoms with Crippen LogP contribution in [0.3, 0.4) is 0 Å². The highest BCUT2D eigenvalue weighted by molar-refractivity contribution is 6.14. The fourth-order valence-electron chi connectivity index (χ4n) is 3.67. The second-order valence-electron chi connectivity index (χ2n) is 5.56. The van der Waals surface area contributed by atoms with Gasteiger partial charge in [-0.05, 0) is 37.3 Å². The van der Waals surface area contributed by atoms with Gasteiger partial charge in [-0.25, -0.2) is 0 Å². The van der Waals surface area contributed by atoms with E-state index in [1.807, 2.05) is 6.20 Å². The van der Waals surface area contributed by atoms with E-state index in [-0.39, 0.29) is 11.8 Å². The number of carbonyl (C=O) groups is 1. The van der Waals surface area contributed by atoms with Crippen LogP contribution in [0.15, 0.2) is 23.4 Å². The molecule has 2 aliphatic carbocycles. The summed E-state index contributed by atoms with van der Waals surface area (Å²) in [5.41, 5.74) is 2.80. The summed E-state index contributed by atoms with van der Waals surface area (Å²) in [6.45, 7) is 2.93. The Morgan fingerprint density at radius 2 is 2.29 bits per heavy atom. The minimum Gasteiger partial charge on any atom is -0.299 e. The maximum Gasteiger partial charge on any atom is 0.142 e. The van der Waals surface area contributed by atoms with E-state index in [1.165, 1.54) is 11.1 Å². The quantitative estimate of drug-likeness (QED) is 0.616. The zero-order valence-electron chi connectivity index (χ0n) is 10.2. The van der Waals surface area contributed by atoms with Crippen LogP contribution in [0.2, 0.25) is 0 Å². The number of allylic oxidation sites excluding steroid dienone is 2. The van der Waals surface area contributed by atoms with Crippen LogP contribution in [0.4, 0.5) is 0 Å². The van der Waals surface area contributed by atoms with Crippen LogP contribution in [0.5, 0.6) is 0 Å². The molecule has 1 aliphatic heterocycles. The topological polar surface area (TPSA) is 20.3 Å². The first-order chi connectivity index (χ1) is 8.16. The van der Waals surface area contributed by atoms with Crippen molar-refractivity contribution in [1.82, 2.24) is 4.42 Å². The van der Waals surface area contributed by atoms with Crippen LogP contribution in [-0.4, -0.2) is 16.7 Å². The number of Topliss-reactive ketones (excluding diaryl/α,β-unsaturated/α-hetero) is 1. The Kier molecular flexibility index (Phi) is 2.78. The Morgan fingerprint density at radius 3 is 3.12 bits per heavy atom. The van der Waals surface area contributed by atoms with Crippen molar-refractivity contribution < 1.29 is 4.79 Å². The molecule has 0 radical (unpaired) electrons. The Bertz CT molecular complexity index is 412. The lowest BCUT2D eigenvalue weighted by atomic mass is 9.65. The number of rotatable bonds is 0. The molecule has 1 fully saturated rings. The molecule has 0 aromatic heterocycles. The van der Waals surface area contributed by atoms with Gasteiger partial charge in [0.05, 0.1) is 0 Å². The van der Waals surface area contributed by atoms with Gasteiger partial charge >= 0.3 is 0 Å². The van der Waals surface area contributed by atoms with Crippen LogP contribution in [0.1, 0.15) is 32.6 Å². The molecule has 2 nitrogen and oxygen atoms in total. The average molecular weight is 252 g/mol. The molecule has 3 heteroatoms. The first kappa shape index (κ1) is 11.3. The molecule has 0 spiro atoms. The molecule has 3 aliphatic rings. The number of hydrogen-bond donors (Lipinski definition) is 0. The normalized spacial score (nSPS) is 36.9. The molecule has 0 N–H and O–H groups in total. The van der Waals surface area contributed by atoms with Crippen LogP contribution >= 0.6 is 11.8 Å². The lowest BCUT2D eigenvalue weighted by Gasteiger charge is -2.38. The van der Waals surface area contributed by atoms with Crippen LogP contribution in [-0.2, 0) is 4.79 Å². The molecular formula is C14H18ClNO. The molecule has 0 bridgehead atoms. The maximum atomic E-state index is 12.3. The summed E-state index contributed by atoms with van der Waals surface area (Å²) >= 11 is 6.15. The third-order valence-corrected chi connectivity index (χ3v) is 4.68. The second-order valence-corrected chi connectivity index (χ2v) is 5.99. The summed E-state index contributed by atoms with van der Waals surface area (Å²) in [5.74, 6) is 1.34. The van der Waals surface area contributed by atoms with Crippen LogP contribution in [0.25, 0.3) is 0 Å². The summed E-state index contributed by atoms with van der Waals surface area (Å²) < 4.78 is 1.75. The van der Waals surface area contributed by atoms with Crippen molar-refractivity contribution in [1.29, 1.82) is 0 Å². The first-order valence-electron chi connectivity index (χ1n) is 6.54. The minimum atomic E-state index is 0.195. The van der Waals surface area contributed by atoms with E-state index >= 15 is 0 Å². The number of halogens is 1. The van der Waals surface area contributed by atoms with Gasteiger partial charge in [0.25, 0.3) is 0 Å². The molecule has 1 saturated carbocycles. The zero-order chi connectivity index (χ0) is 12.0. The maximum absolute atomic E-state index is 12.3. The zero-order valence-corrected chi connectivity index (χ0v) is 10.9. The van der Waals surface area contributed by atoms with E-state index in [4.69, 9.17) is 11.8 Å². The highest BCUT2D eigenvalue weighted by atomic mass is 35.5. The van der Waals surface area contributed by atoms with Gasteiger partial charge in [0.15, 0.2) is 0 Å². The molecule has 0 saturated heterocycles. The monoisotopic (exact) mass is 251 g/mol. The van der Waals surface area contributed by atoms with E-state index in [0.29, 0.717) is 11.7 Å². The van der Waals surface area contributed by atoms with Crippen LogP contribution < -0.4 is 0 Å². The molecule has 17 heavy (non-hydrogen) atoms. The van der Waals surface area contributed by atoms with Crippen molar-refractivity contribution in [2.24, 2.45) is 17.8 Å². The predicted octanol–water partition coefficient (Wildman–Crippen LogP) is 3.29. The van der Waals surface area contributed by atoms with Gasteiger partial charge in [0.2, 0.25) is 0 Å². The van der Waals surface area contributed by atoms with E-state index < -0.39 is 0 Å². The molecule has 3 unspecified atom stereocenters. The summed E-state index contributed by atoms with van der Waals surface area (Å²) in [6.07, 6.45) is 8.36. The predicted molar refractivity (Wildman–Crippen MR) is 68.3 cm³/mol. The van der Waals surface area contributed by atoms with E-state index in [0.717, 1.165) is 32.2 Å². The molecular weight excluding hydrogens is 234 g/mol. The van der Waals surface area contributed by atoms with Gasteiger partial charge in [0.1, 0.15) is 5.78 Å². The van der Waals surface area contributed by atoms with Crippen molar-refractivity contribution in [3.63, 3.8) is 0 Å². The molecule has 0 aromatic carbocycles. The first-order valence-corrected chi connectivity index (χ1v) is 6.88. The summed E-state index contributed by atoms with van der Waals surface area (Å²) in [7, 11) is 0. The third kappa shape index (κ3) is 1.83. The SMILES string of the molecule is CC1CC2CN(Cl)C=CC3=C2C(CCC3)C1=O. The third-order valence-electron chi connectivity index (χ3n) is 4.42. The highest BCUT2D eigenvalue weighted by Gasteiger charge is 2.41. The second kappa shape index (κ2) is 4.16. The number of nitrogens with zero attached hydrogens (tertiary/aromatic N) is 1. The Labute approximate surface area is 107 Å². The summed E-state index contributed by atoms with van der Waals surface area (Å²) in [6, 6.07) is 0. The van der Waals surface area contributed by atoms with E-state index in [1.54, 1.807) is 4.42 Å². The van der Waals surface area contributed by atoms with Gasteiger partial charge in [-0.15, -0.1) is 0 Å². The van der Waals surface area contributed by atoms with Crippen molar-refractivity contribution in [2.75, 3.05) is 6.54 Å². The molecule has 3 atom stereocenters. The highest BCUT2D eigenvalue weighted by Crippen LogP contribution is 2.45. The molecule has 0 amide bonds. The molecule has 92 valence electrons. The van der Waals surface area contributed by atoms with Crippen molar-refractivity contribution in [2.45, 2.75) is 32.6 Å². The van der Waals surface area contributed by atoms with Gasteiger partial charge in [0, 0.05) is 42.3 Å². The fourth-order valence-corrected chi connectivity index (χ4v) is 3.89. The van der Waals surface area contributed by atoms with Crippen LogP contribution in [0, 0.1) is 17.8 Å².